The average Bonchev–Trinajstić information content (AvgIpc) is 2.96. The summed E-state index contributed by atoms with van der Waals surface area (Å²) in [6, 6.07) is 6.17. The molecular weight excluding hydrogens is 368 g/mol. The van der Waals surface area contributed by atoms with Crippen molar-refractivity contribution in [1.29, 1.82) is 0 Å². The summed E-state index contributed by atoms with van der Waals surface area (Å²) in [5, 5.41) is 0. The third kappa shape index (κ3) is 3.66. The van der Waals surface area contributed by atoms with Crippen molar-refractivity contribution in [3.8, 4) is 0 Å². The lowest BCUT2D eigenvalue weighted by atomic mass is 9.89. The molecule has 5 heteroatoms. The first-order valence-corrected chi connectivity index (χ1v) is 9.19. The van der Waals surface area contributed by atoms with E-state index in [1.807, 2.05) is 37.8 Å². The number of ether oxygens (including phenoxy) is 1. The first-order chi connectivity index (χ1) is 11.0. The molecule has 0 spiro atoms. The third-order valence-electron chi connectivity index (χ3n) is 4.41. The van der Waals surface area contributed by atoms with Crippen LogP contribution in [0.1, 0.15) is 46.6 Å². The Morgan fingerprint density at radius 3 is 2.75 bits per heavy atom. The molecule has 2 heterocycles. The lowest BCUT2D eigenvalue weighted by molar-refractivity contribution is 0.0250. The van der Waals surface area contributed by atoms with E-state index >= 15 is 0 Å². The Bertz CT molecular complexity index is 704. The highest BCUT2D eigenvalue weighted by molar-refractivity contribution is 9.10. The zero-order chi connectivity index (χ0) is 17.7. The molecule has 24 heavy (non-hydrogen) atoms. The molecule has 0 aliphatic carbocycles. The number of nitrogens with zero attached hydrogens (tertiary/aromatic N) is 2. The minimum Gasteiger partial charge on any atom is -0.444 e. The molecule has 0 aromatic heterocycles. The first kappa shape index (κ1) is 17.5. The molecule has 1 aromatic carbocycles. The van der Waals surface area contributed by atoms with Gasteiger partial charge in [0.2, 0.25) is 0 Å². The number of fused-ring (bicyclic) bond motifs is 1. The zero-order valence-corrected chi connectivity index (χ0v) is 16.6. The molecule has 1 saturated heterocycles. The standard InChI is InChI=1S/C19H25BrN2O2/c1-18(2,3)24-17(23)22-11-19(4,5)10-16(22)15-9-12-8-13(20)6-7-14(12)21-15/h6-8,16H,9-11H2,1-5H3. The third-order valence-corrected chi connectivity index (χ3v) is 4.90. The number of carbonyl (C=O) groups is 1. The second-order valence-corrected chi connectivity index (χ2v) is 9.46. The maximum Gasteiger partial charge on any atom is 0.410 e. The van der Waals surface area contributed by atoms with E-state index in [1.54, 1.807) is 0 Å². The number of amides is 1. The highest BCUT2D eigenvalue weighted by Gasteiger charge is 2.44. The zero-order valence-electron chi connectivity index (χ0n) is 15.0. The molecule has 0 radical (unpaired) electrons. The van der Waals surface area contributed by atoms with Gasteiger partial charge in [0, 0.05) is 23.1 Å². The van der Waals surface area contributed by atoms with Gasteiger partial charge in [0.15, 0.2) is 0 Å². The van der Waals surface area contributed by atoms with Crippen LogP contribution in [0.4, 0.5) is 10.5 Å². The van der Waals surface area contributed by atoms with E-state index in [-0.39, 0.29) is 17.6 Å². The van der Waals surface area contributed by atoms with E-state index in [9.17, 15) is 4.79 Å². The number of benzene rings is 1. The molecule has 4 nitrogen and oxygen atoms in total. The van der Waals surface area contributed by atoms with Crippen LogP contribution in [0.3, 0.4) is 0 Å². The molecule has 1 unspecified atom stereocenters. The molecule has 2 aliphatic heterocycles. The predicted octanol–water partition coefficient (Wildman–Crippen LogP) is 5.11. The maximum atomic E-state index is 12.7. The van der Waals surface area contributed by atoms with Crippen molar-refractivity contribution in [2.75, 3.05) is 6.54 Å². The number of halogens is 1. The van der Waals surface area contributed by atoms with E-state index in [1.165, 1.54) is 5.56 Å². The summed E-state index contributed by atoms with van der Waals surface area (Å²) >= 11 is 3.52. The maximum absolute atomic E-state index is 12.7. The minimum absolute atomic E-state index is 0.0148. The van der Waals surface area contributed by atoms with Crippen molar-refractivity contribution in [2.45, 2.75) is 59.1 Å². The molecule has 1 aromatic rings. The van der Waals surface area contributed by atoms with Crippen LogP contribution < -0.4 is 0 Å². The highest BCUT2D eigenvalue weighted by atomic mass is 79.9. The fourth-order valence-corrected chi connectivity index (χ4v) is 3.87. The lowest BCUT2D eigenvalue weighted by Crippen LogP contribution is -2.43. The molecule has 1 atom stereocenters. The van der Waals surface area contributed by atoms with Crippen LogP contribution >= 0.6 is 15.9 Å². The number of rotatable bonds is 1. The Balaban J connectivity index is 1.84. The van der Waals surface area contributed by atoms with Crippen LogP contribution in [0.5, 0.6) is 0 Å². The van der Waals surface area contributed by atoms with E-state index in [0.717, 1.165) is 28.7 Å². The fourth-order valence-electron chi connectivity index (χ4n) is 3.47. The summed E-state index contributed by atoms with van der Waals surface area (Å²) in [5.41, 5.74) is 2.88. The van der Waals surface area contributed by atoms with Crippen molar-refractivity contribution in [3.63, 3.8) is 0 Å². The van der Waals surface area contributed by atoms with Crippen molar-refractivity contribution < 1.29 is 9.53 Å². The van der Waals surface area contributed by atoms with Crippen molar-refractivity contribution in [3.05, 3.63) is 28.2 Å². The predicted molar refractivity (Wildman–Crippen MR) is 100 cm³/mol. The van der Waals surface area contributed by atoms with Crippen molar-refractivity contribution >= 4 is 33.4 Å². The van der Waals surface area contributed by atoms with Crippen LogP contribution in [0.15, 0.2) is 27.7 Å². The van der Waals surface area contributed by atoms with Crippen molar-refractivity contribution in [1.82, 2.24) is 4.90 Å². The second kappa shape index (κ2) is 5.87. The van der Waals surface area contributed by atoms with Gasteiger partial charge in [-0.2, -0.15) is 0 Å². The molecule has 3 rings (SSSR count). The molecule has 0 saturated carbocycles. The summed E-state index contributed by atoms with van der Waals surface area (Å²) in [4.78, 5) is 19.4. The number of likely N-dealkylation sites (tertiary alicyclic amines) is 1. The second-order valence-electron chi connectivity index (χ2n) is 8.55. The van der Waals surface area contributed by atoms with E-state index in [0.29, 0.717) is 6.54 Å². The van der Waals surface area contributed by atoms with Crippen LogP contribution in [0.2, 0.25) is 0 Å². The number of hydrogen-bond acceptors (Lipinski definition) is 3. The molecule has 1 amide bonds. The Labute approximate surface area is 152 Å². The molecule has 0 bridgehead atoms. The quantitative estimate of drug-likeness (QED) is 0.665. The smallest absolute Gasteiger partial charge is 0.410 e. The van der Waals surface area contributed by atoms with Crippen LogP contribution in [0.25, 0.3) is 0 Å². The summed E-state index contributed by atoms with van der Waals surface area (Å²) in [6.45, 7) is 10.8. The Hall–Kier alpha value is -1.36. The average molecular weight is 393 g/mol. The topological polar surface area (TPSA) is 41.9 Å². The molecule has 2 aliphatic rings. The van der Waals surface area contributed by atoms with Crippen LogP contribution in [-0.4, -0.2) is 34.9 Å². The Morgan fingerprint density at radius 1 is 1.38 bits per heavy atom. The number of carbonyl (C=O) groups excluding carboxylic acids is 1. The monoisotopic (exact) mass is 392 g/mol. The van der Waals surface area contributed by atoms with Gasteiger partial charge < -0.3 is 4.74 Å². The number of hydrogen-bond donors (Lipinski definition) is 0. The highest BCUT2D eigenvalue weighted by Crippen LogP contribution is 2.39. The van der Waals surface area contributed by atoms with E-state index in [2.05, 4.69) is 35.8 Å². The molecule has 1 fully saturated rings. The van der Waals surface area contributed by atoms with E-state index < -0.39 is 5.60 Å². The lowest BCUT2D eigenvalue weighted by Gasteiger charge is -2.29. The molecule has 130 valence electrons. The van der Waals surface area contributed by atoms with Gasteiger partial charge in [0.25, 0.3) is 0 Å². The Kier molecular flexibility index (Phi) is 4.27. The fraction of sp³-hybridized carbons (Fsp3) is 0.579. The largest absolute Gasteiger partial charge is 0.444 e. The number of aliphatic imine (C=N–C) groups is 1. The van der Waals surface area contributed by atoms with Gasteiger partial charge in [-0.05, 0) is 56.4 Å². The van der Waals surface area contributed by atoms with Gasteiger partial charge >= 0.3 is 6.09 Å². The van der Waals surface area contributed by atoms with Gasteiger partial charge in [-0.25, -0.2) is 4.79 Å². The molecular formula is C19H25BrN2O2. The summed E-state index contributed by atoms with van der Waals surface area (Å²) in [5.74, 6) is 0. The van der Waals surface area contributed by atoms with Gasteiger partial charge in [-0.1, -0.05) is 29.8 Å². The van der Waals surface area contributed by atoms with E-state index in [4.69, 9.17) is 9.73 Å². The summed E-state index contributed by atoms with van der Waals surface area (Å²) in [7, 11) is 0. The summed E-state index contributed by atoms with van der Waals surface area (Å²) in [6.07, 6.45) is 1.48. The minimum atomic E-state index is -0.486. The molecule has 0 N–H and O–H groups in total. The van der Waals surface area contributed by atoms with Crippen LogP contribution in [0, 0.1) is 5.41 Å². The normalized spacial score (nSPS) is 22.3. The summed E-state index contributed by atoms with van der Waals surface area (Å²) < 4.78 is 6.69. The van der Waals surface area contributed by atoms with Gasteiger partial charge in [-0.3, -0.25) is 9.89 Å². The van der Waals surface area contributed by atoms with Crippen LogP contribution in [-0.2, 0) is 11.2 Å². The van der Waals surface area contributed by atoms with Gasteiger partial charge in [0.1, 0.15) is 5.60 Å². The first-order valence-electron chi connectivity index (χ1n) is 8.40. The van der Waals surface area contributed by atoms with Gasteiger partial charge in [0.05, 0.1) is 11.7 Å². The SMILES string of the molecule is CC1(C)CC(C2=Nc3ccc(Br)cc3C2)N(C(=O)OC(C)(C)C)C1. The van der Waals surface area contributed by atoms with Gasteiger partial charge in [-0.15, -0.1) is 0 Å². The van der Waals surface area contributed by atoms with Crippen molar-refractivity contribution in [2.24, 2.45) is 10.4 Å². The Morgan fingerprint density at radius 2 is 2.08 bits per heavy atom.